The van der Waals surface area contributed by atoms with Gasteiger partial charge < -0.3 is 5.73 Å². The molecule has 2 N–H and O–H groups in total. The largest absolute Gasteiger partial charge is 0.398 e. The minimum absolute atomic E-state index is 0.166. The quantitative estimate of drug-likeness (QED) is 0.392. The predicted molar refractivity (Wildman–Crippen MR) is 82.8 cm³/mol. The third-order valence-corrected chi connectivity index (χ3v) is 4.33. The zero-order chi connectivity index (χ0) is 14.5. The first-order chi connectivity index (χ1) is 9.56. The maximum absolute atomic E-state index is 10.9. The Morgan fingerprint density at radius 3 is 2.45 bits per heavy atom. The summed E-state index contributed by atoms with van der Waals surface area (Å²) in [5.41, 5.74) is 7.38. The molecule has 0 bridgehead atoms. The molecule has 0 aromatic heterocycles. The van der Waals surface area contributed by atoms with Gasteiger partial charge >= 0.3 is 0 Å². The van der Waals surface area contributed by atoms with Gasteiger partial charge in [-0.15, -0.1) is 11.8 Å². The van der Waals surface area contributed by atoms with E-state index in [4.69, 9.17) is 17.3 Å². The first-order valence-electron chi connectivity index (χ1n) is 5.94. The number of nitro groups is 1. The Balaban J connectivity index is 2.26. The van der Waals surface area contributed by atoms with Crippen LogP contribution in [0.3, 0.4) is 0 Å². The van der Waals surface area contributed by atoms with Gasteiger partial charge in [0.2, 0.25) is 6.54 Å². The summed E-state index contributed by atoms with van der Waals surface area (Å²) in [6.45, 7) is -0.166. The predicted octanol–water partition coefficient (Wildman–Crippen LogP) is 4.03. The normalized spacial score (nSPS) is 12.1. The molecular weight excluding hydrogens is 296 g/mol. The molecule has 20 heavy (non-hydrogen) atoms. The highest BCUT2D eigenvalue weighted by Crippen LogP contribution is 2.38. The van der Waals surface area contributed by atoms with Crippen LogP contribution < -0.4 is 5.73 Å². The molecule has 0 aliphatic carbocycles. The van der Waals surface area contributed by atoms with Gasteiger partial charge in [-0.25, -0.2) is 0 Å². The van der Waals surface area contributed by atoms with Crippen LogP contribution in [-0.4, -0.2) is 11.5 Å². The number of anilines is 1. The summed E-state index contributed by atoms with van der Waals surface area (Å²) in [6.07, 6.45) is 0. The number of halogens is 1. The molecule has 6 heteroatoms. The van der Waals surface area contributed by atoms with E-state index in [1.54, 1.807) is 18.2 Å². The van der Waals surface area contributed by atoms with Crippen molar-refractivity contribution in [2.75, 3.05) is 12.3 Å². The number of nitrogen functional groups attached to an aromatic ring is 1. The van der Waals surface area contributed by atoms with E-state index in [-0.39, 0.29) is 16.7 Å². The van der Waals surface area contributed by atoms with Crippen molar-refractivity contribution in [2.24, 2.45) is 0 Å². The van der Waals surface area contributed by atoms with Gasteiger partial charge in [0.15, 0.2) is 0 Å². The lowest BCUT2D eigenvalue weighted by Gasteiger charge is -2.14. The van der Waals surface area contributed by atoms with E-state index in [1.807, 2.05) is 30.3 Å². The fraction of sp³-hybridized carbons (Fsp3) is 0.143. The minimum atomic E-state index is -0.314. The van der Waals surface area contributed by atoms with E-state index < -0.39 is 0 Å². The SMILES string of the molecule is Nc1ccccc1S[C@H](C[N+](=O)[O-])c1ccc(Cl)cc1. The molecule has 0 radical (unpaired) electrons. The van der Waals surface area contributed by atoms with E-state index in [0.29, 0.717) is 10.7 Å². The van der Waals surface area contributed by atoms with Crippen molar-refractivity contribution in [1.29, 1.82) is 0 Å². The van der Waals surface area contributed by atoms with Gasteiger partial charge in [-0.1, -0.05) is 35.9 Å². The standard InChI is InChI=1S/C14H13ClN2O2S/c15-11-7-5-10(6-8-11)14(9-17(18)19)20-13-4-2-1-3-12(13)16/h1-8,14H,9,16H2/t14-/m1/s1. The van der Waals surface area contributed by atoms with Crippen LogP contribution in [0.2, 0.25) is 5.02 Å². The molecule has 0 heterocycles. The number of thioether (sulfide) groups is 1. The summed E-state index contributed by atoms with van der Waals surface area (Å²) in [5, 5.41) is 11.2. The van der Waals surface area contributed by atoms with Gasteiger partial charge in [0.25, 0.3) is 0 Å². The fourth-order valence-electron chi connectivity index (χ4n) is 1.76. The molecule has 0 spiro atoms. The number of hydrogen-bond acceptors (Lipinski definition) is 4. The van der Waals surface area contributed by atoms with E-state index in [1.165, 1.54) is 11.8 Å². The van der Waals surface area contributed by atoms with Crippen molar-refractivity contribution in [3.8, 4) is 0 Å². The van der Waals surface area contributed by atoms with Gasteiger partial charge in [0.1, 0.15) is 0 Å². The molecule has 104 valence electrons. The average Bonchev–Trinajstić information content (AvgIpc) is 2.41. The number of nitrogens with zero attached hydrogens (tertiary/aromatic N) is 1. The molecule has 2 rings (SSSR count). The summed E-state index contributed by atoms with van der Waals surface area (Å²) in [6, 6.07) is 14.4. The van der Waals surface area contributed by atoms with Crippen LogP contribution >= 0.6 is 23.4 Å². The van der Waals surface area contributed by atoms with Crippen molar-refractivity contribution in [2.45, 2.75) is 10.1 Å². The molecule has 0 amide bonds. The third kappa shape index (κ3) is 3.88. The van der Waals surface area contributed by atoms with Gasteiger partial charge in [0, 0.05) is 20.5 Å². The molecule has 0 unspecified atom stereocenters. The summed E-state index contributed by atoms with van der Waals surface area (Å²) in [4.78, 5) is 11.4. The van der Waals surface area contributed by atoms with Crippen LogP contribution in [0, 0.1) is 10.1 Å². The highest BCUT2D eigenvalue weighted by Gasteiger charge is 2.20. The van der Waals surface area contributed by atoms with Crippen molar-refractivity contribution in [1.82, 2.24) is 0 Å². The lowest BCUT2D eigenvalue weighted by molar-refractivity contribution is -0.479. The number of benzene rings is 2. The molecular formula is C14H13ClN2O2S. The maximum atomic E-state index is 10.9. The zero-order valence-electron chi connectivity index (χ0n) is 10.5. The van der Waals surface area contributed by atoms with E-state index in [9.17, 15) is 10.1 Å². The Bertz CT molecular complexity index is 604. The molecule has 0 fully saturated rings. The van der Waals surface area contributed by atoms with Crippen molar-refractivity contribution in [3.05, 3.63) is 69.2 Å². The Kier molecular flexibility index (Phi) is 4.87. The van der Waals surface area contributed by atoms with E-state index in [0.717, 1.165) is 10.5 Å². The van der Waals surface area contributed by atoms with E-state index in [2.05, 4.69) is 0 Å². The van der Waals surface area contributed by atoms with Crippen molar-refractivity contribution < 1.29 is 4.92 Å². The van der Waals surface area contributed by atoms with Crippen LogP contribution in [0.4, 0.5) is 5.69 Å². The van der Waals surface area contributed by atoms with Gasteiger partial charge in [-0.05, 0) is 29.8 Å². The second-order valence-electron chi connectivity index (χ2n) is 4.21. The van der Waals surface area contributed by atoms with Gasteiger partial charge in [-0.3, -0.25) is 10.1 Å². The second kappa shape index (κ2) is 6.63. The first kappa shape index (κ1) is 14.7. The molecule has 0 aliphatic heterocycles. The molecule has 2 aromatic carbocycles. The van der Waals surface area contributed by atoms with Gasteiger partial charge in [-0.2, -0.15) is 0 Å². The highest BCUT2D eigenvalue weighted by atomic mass is 35.5. The lowest BCUT2D eigenvalue weighted by Crippen LogP contribution is -2.10. The Labute approximate surface area is 126 Å². The van der Waals surface area contributed by atoms with Crippen molar-refractivity contribution >= 4 is 29.1 Å². The summed E-state index contributed by atoms with van der Waals surface area (Å²) in [5.74, 6) is 0. The molecule has 1 atom stereocenters. The summed E-state index contributed by atoms with van der Waals surface area (Å²) >= 11 is 7.24. The summed E-state index contributed by atoms with van der Waals surface area (Å²) < 4.78 is 0. The van der Waals surface area contributed by atoms with Crippen LogP contribution in [-0.2, 0) is 0 Å². The molecule has 4 nitrogen and oxygen atoms in total. The second-order valence-corrected chi connectivity index (χ2v) is 5.89. The van der Waals surface area contributed by atoms with Crippen molar-refractivity contribution in [3.63, 3.8) is 0 Å². The monoisotopic (exact) mass is 308 g/mol. The average molecular weight is 309 g/mol. The van der Waals surface area contributed by atoms with Crippen LogP contribution in [0.15, 0.2) is 53.4 Å². The Hall–Kier alpha value is -1.72. The van der Waals surface area contributed by atoms with Crippen LogP contribution in [0.25, 0.3) is 0 Å². The van der Waals surface area contributed by atoms with Gasteiger partial charge in [0.05, 0.1) is 5.25 Å². The zero-order valence-corrected chi connectivity index (χ0v) is 12.1. The Morgan fingerprint density at radius 2 is 1.85 bits per heavy atom. The number of rotatable bonds is 5. The van der Waals surface area contributed by atoms with E-state index >= 15 is 0 Å². The third-order valence-electron chi connectivity index (χ3n) is 2.74. The molecule has 0 saturated heterocycles. The first-order valence-corrected chi connectivity index (χ1v) is 7.20. The van der Waals surface area contributed by atoms with Crippen LogP contribution in [0.5, 0.6) is 0 Å². The molecule has 0 aliphatic rings. The minimum Gasteiger partial charge on any atom is -0.398 e. The highest BCUT2D eigenvalue weighted by molar-refractivity contribution is 7.99. The topological polar surface area (TPSA) is 69.2 Å². The number of para-hydroxylation sites is 1. The fourth-order valence-corrected chi connectivity index (χ4v) is 3.05. The maximum Gasteiger partial charge on any atom is 0.220 e. The number of nitrogens with two attached hydrogens (primary N) is 1. The Morgan fingerprint density at radius 1 is 1.20 bits per heavy atom. The summed E-state index contributed by atoms with van der Waals surface area (Å²) in [7, 11) is 0. The molecule has 2 aromatic rings. The number of hydrogen-bond donors (Lipinski definition) is 1. The lowest BCUT2D eigenvalue weighted by atomic mass is 10.1. The van der Waals surface area contributed by atoms with Crippen LogP contribution in [0.1, 0.15) is 10.8 Å². The molecule has 0 saturated carbocycles. The smallest absolute Gasteiger partial charge is 0.220 e.